The normalized spacial score (nSPS) is 15.8. The number of hydrogen-bond acceptors (Lipinski definition) is 2. The molecule has 6 rings (SSSR count). The van der Waals surface area contributed by atoms with Crippen molar-refractivity contribution in [3.8, 4) is 0 Å². The van der Waals surface area contributed by atoms with Crippen LogP contribution >= 0.6 is 15.9 Å². The van der Waals surface area contributed by atoms with E-state index < -0.39 is 0 Å². The van der Waals surface area contributed by atoms with Gasteiger partial charge >= 0.3 is 26.2 Å². The number of ether oxygens (including phenoxy) is 1. The summed E-state index contributed by atoms with van der Waals surface area (Å²) in [6.07, 6.45) is 4.23. The van der Waals surface area contributed by atoms with Gasteiger partial charge in [0.25, 0.3) is 0 Å². The minimum Gasteiger partial charge on any atom is -0.813 e. The Bertz CT molecular complexity index is 1140. The molecule has 1 atom stereocenters. The Balaban J connectivity index is 0.000000150. The zero-order chi connectivity index (χ0) is 17.5. The van der Waals surface area contributed by atoms with E-state index in [2.05, 4.69) is 88.7 Å². The minimum atomic E-state index is 0. The summed E-state index contributed by atoms with van der Waals surface area (Å²) in [5, 5.41) is 5.39. The van der Waals surface area contributed by atoms with Crippen molar-refractivity contribution in [2.45, 2.75) is 6.10 Å². The summed E-state index contributed by atoms with van der Waals surface area (Å²) in [4.78, 5) is 0. The number of rotatable bonds is 0. The molecule has 0 amide bonds. The molecule has 2 aliphatic rings. The van der Waals surface area contributed by atoms with Crippen LogP contribution in [0.5, 0.6) is 0 Å². The summed E-state index contributed by atoms with van der Waals surface area (Å²) in [5.41, 5.74) is 3.58. The maximum atomic E-state index is 5.59. The van der Waals surface area contributed by atoms with Crippen LogP contribution in [0.2, 0.25) is 0 Å². The fourth-order valence-corrected chi connectivity index (χ4v) is 4.11. The molecule has 0 saturated carbocycles. The van der Waals surface area contributed by atoms with Crippen LogP contribution in [0.1, 0.15) is 17.2 Å². The molecule has 28 heavy (non-hydrogen) atoms. The van der Waals surface area contributed by atoms with Gasteiger partial charge in [-0.05, 0) is 27.6 Å². The van der Waals surface area contributed by atoms with Crippen LogP contribution < -0.4 is 0 Å². The van der Waals surface area contributed by atoms with Crippen molar-refractivity contribution < 1.29 is 30.9 Å². The Kier molecular flexibility index (Phi) is 6.75. The predicted octanol–water partition coefficient (Wildman–Crippen LogP) is 6.63. The van der Waals surface area contributed by atoms with Crippen molar-refractivity contribution >= 4 is 57.0 Å². The standard InChI is InChI=1S/C13H9.C11H6BrO.H2S.Zr/c1-3-7-12-10(5-1)9-11-6-2-4-8-13(11)12;12-10-6-8-5-7-3-1-2-4-9(7)11(8)13-10;;/h1-9H;1-3,5-6,11H;1H2;/q2*-1;;+3/p-1. The Morgan fingerprint density at radius 2 is 1.50 bits per heavy atom. The van der Waals surface area contributed by atoms with E-state index in [4.69, 9.17) is 4.74 Å². The number of hydrogen-bond donors (Lipinski definition) is 0. The van der Waals surface area contributed by atoms with Crippen molar-refractivity contribution in [2.75, 3.05) is 0 Å². The molecule has 4 heteroatoms. The third kappa shape index (κ3) is 3.83. The number of fused-ring (bicyclic) bond motifs is 6. The second kappa shape index (κ2) is 8.90. The molecule has 1 aliphatic heterocycles. The molecule has 4 aromatic rings. The van der Waals surface area contributed by atoms with Gasteiger partial charge in [0.15, 0.2) is 4.67 Å². The van der Waals surface area contributed by atoms with Crippen LogP contribution in [0.3, 0.4) is 0 Å². The first-order valence-electron chi connectivity index (χ1n) is 8.59. The smallest absolute Gasteiger partial charge is 0.813 e. The van der Waals surface area contributed by atoms with Crippen LogP contribution in [0.4, 0.5) is 0 Å². The van der Waals surface area contributed by atoms with Gasteiger partial charge in [0.05, 0.1) is 0 Å². The van der Waals surface area contributed by atoms with E-state index in [-0.39, 0.29) is 45.8 Å². The van der Waals surface area contributed by atoms with Crippen LogP contribution in [0.25, 0.3) is 27.6 Å². The molecule has 1 radical (unpaired) electrons. The van der Waals surface area contributed by atoms with E-state index in [1.807, 2.05) is 18.2 Å². The third-order valence-electron chi connectivity index (χ3n) is 4.84. The second-order valence-corrected chi connectivity index (χ2v) is 7.23. The van der Waals surface area contributed by atoms with E-state index in [9.17, 15) is 0 Å². The molecule has 0 bridgehead atoms. The van der Waals surface area contributed by atoms with Gasteiger partial charge in [0.1, 0.15) is 6.10 Å². The molecular formula is C24H16BrOSZr. The number of benzene rings is 3. The van der Waals surface area contributed by atoms with Crippen molar-refractivity contribution in [3.63, 3.8) is 0 Å². The zero-order valence-corrected chi connectivity index (χ0v) is 19.8. The van der Waals surface area contributed by atoms with Crippen molar-refractivity contribution in [2.24, 2.45) is 0 Å². The summed E-state index contributed by atoms with van der Waals surface area (Å²) in [7, 11) is 0. The van der Waals surface area contributed by atoms with Crippen molar-refractivity contribution in [1.29, 1.82) is 0 Å². The predicted molar refractivity (Wildman–Crippen MR) is 120 cm³/mol. The van der Waals surface area contributed by atoms with Crippen molar-refractivity contribution in [3.05, 3.63) is 106 Å². The number of thiol groups is 1. The molecule has 4 aromatic carbocycles. The van der Waals surface area contributed by atoms with Crippen LogP contribution in [0.15, 0.2) is 89.1 Å². The first-order chi connectivity index (χ1) is 12.8. The molecule has 0 aromatic heterocycles. The van der Waals surface area contributed by atoms with Crippen LogP contribution in [-0.2, 0) is 44.4 Å². The summed E-state index contributed by atoms with van der Waals surface area (Å²) in [6.45, 7) is 0. The molecule has 0 fully saturated rings. The quantitative estimate of drug-likeness (QED) is 0.145. The van der Waals surface area contributed by atoms with Gasteiger partial charge in [-0.15, -0.1) is 56.9 Å². The topological polar surface area (TPSA) is 9.23 Å². The first kappa shape index (κ1) is 21.2. The molecule has 0 N–H and O–H groups in total. The average molecular weight is 524 g/mol. The molecule has 135 valence electrons. The Morgan fingerprint density at radius 3 is 2.18 bits per heavy atom. The van der Waals surface area contributed by atoms with Crippen molar-refractivity contribution in [1.82, 2.24) is 0 Å². The summed E-state index contributed by atoms with van der Waals surface area (Å²) >= 11 is 3.33. The maximum absolute atomic E-state index is 5.59. The van der Waals surface area contributed by atoms with Gasteiger partial charge in [0, 0.05) is 0 Å². The zero-order valence-electron chi connectivity index (χ0n) is 14.9. The molecule has 1 unspecified atom stereocenters. The van der Waals surface area contributed by atoms with E-state index in [1.54, 1.807) is 0 Å². The molecule has 1 aliphatic carbocycles. The SMILES string of the molecule is BrC1=CC2=Cc3ccc[c-]c3C2O1.[SH-].[Zr+3].c1ccc2c(c1)[cH-]c1ccccc12. The van der Waals surface area contributed by atoms with Gasteiger partial charge in [0.2, 0.25) is 0 Å². The molecule has 0 saturated heterocycles. The number of halogens is 1. The summed E-state index contributed by atoms with van der Waals surface area (Å²) in [5.74, 6) is 0. The maximum Gasteiger partial charge on any atom is 3.00 e. The Morgan fingerprint density at radius 1 is 0.857 bits per heavy atom. The fraction of sp³-hybridized carbons (Fsp3) is 0.0417. The Hall–Kier alpha value is -1.48. The van der Waals surface area contributed by atoms with E-state index in [0.29, 0.717) is 0 Å². The van der Waals surface area contributed by atoms with Gasteiger partial charge in [-0.25, -0.2) is 0 Å². The first-order valence-corrected chi connectivity index (χ1v) is 9.38. The molecular weight excluding hydrogens is 507 g/mol. The van der Waals surface area contributed by atoms with Crippen LogP contribution in [0, 0.1) is 6.07 Å². The molecule has 1 nitrogen and oxygen atoms in total. The van der Waals surface area contributed by atoms with Gasteiger partial charge in [-0.3, -0.25) is 0 Å². The summed E-state index contributed by atoms with van der Waals surface area (Å²) < 4.78 is 6.40. The van der Waals surface area contributed by atoms with Gasteiger partial charge in [-0.2, -0.15) is 24.3 Å². The van der Waals surface area contributed by atoms with E-state index in [0.717, 1.165) is 10.2 Å². The van der Waals surface area contributed by atoms with E-state index >= 15 is 0 Å². The Labute approximate surface area is 199 Å². The fourth-order valence-electron chi connectivity index (χ4n) is 3.66. The van der Waals surface area contributed by atoms with Gasteiger partial charge < -0.3 is 18.2 Å². The van der Waals surface area contributed by atoms with Crippen LogP contribution in [-0.4, -0.2) is 0 Å². The molecule has 0 spiro atoms. The minimum absolute atomic E-state index is 0. The third-order valence-corrected chi connectivity index (χ3v) is 5.26. The average Bonchev–Trinajstić information content (AvgIpc) is 3.32. The summed E-state index contributed by atoms with van der Waals surface area (Å²) in [6, 6.07) is 28.5. The largest absolute Gasteiger partial charge is 3.00 e. The molecule has 1 heterocycles. The van der Waals surface area contributed by atoms with Gasteiger partial charge in [-0.1, -0.05) is 36.4 Å². The van der Waals surface area contributed by atoms with E-state index in [1.165, 1.54) is 32.7 Å². The monoisotopic (exact) mass is 521 g/mol. The second-order valence-electron chi connectivity index (χ2n) is 6.45.